The van der Waals surface area contributed by atoms with Crippen LogP contribution < -0.4 is 10.6 Å². The summed E-state index contributed by atoms with van der Waals surface area (Å²) in [5.41, 5.74) is 0.965. The van der Waals surface area contributed by atoms with Crippen molar-refractivity contribution in [1.29, 1.82) is 0 Å². The Kier molecular flexibility index (Phi) is 3.13. The number of rotatable bonds is 3. The number of ether oxygens (including phenoxy) is 1. The molecule has 1 aromatic heterocycles. The lowest BCUT2D eigenvalue weighted by atomic mass is 10.2. The standard InChI is InChI=1S/C10H16N4O/c1-7-3-10(13-6-12-7)14-8-4-11-5-9(8)15-2/h3,6,8-9,11H,4-5H2,1-2H3,(H,12,13,14). The Morgan fingerprint density at radius 2 is 2.33 bits per heavy atom. The van der Waals surface area contributed by atoms with Gasteiger partial charge >= 0.3 is 0 Å². The van der Waals surface area contributed by atoms with E-state index in [1.165, 1.54) is 0 Å². The highest BCUT2D eigenvalue weighted by Crippen LogP contribution is 2.11. The summed E-state index contributed by atoms with van der Waals surface area (Å²) in [5, 5.41) is 6.62. The fraction of sp³-hybridized carbons (Fsp3) is 0.600. The summed E-state index contributed by atoms with van der Waals surface area (Å²) in [7, 11) is 1.73. The van der Waals surface area contributed by atoms with Crippen LogP contribution in [-0.4, -0.2) is 42.3 Å². The van der Waals surface area contributed by atoms with Crippen molar-refractivity contribution >= 4 is 5.82 Å². The summed E-state index contributed by atoms with van der Waals surface area (Å²) in [4.78, 5) is 8.22. The van der Waals surface area contributed by atoms with Crippen molar-refractivity contribution in [2.24, 2.45) is 0 Å². The molecule has 0 aromatic carbocycles. The maximum atomic E-state index is 5.36. The van der Waals surface area contributed by atoms with Crippen LogP contribution in [-0.2, 0) is 4.74 Å². The molecule has 1 aromatic rings. The van der Waals surface area contributed by atoms with Gasteiger partial charge in [0.15, 0.2) is 0 Å². The second kappa shape index (κ2) is 4.55. The highest BCUT2D eigenvalue weighted by molar-refractivity contribution is 5.36. The normalized spacial score (nSPS) is 25.5. The van der Waals surface area contributed by atoms with E-state index in [1.807, 2.05) is 13.0 Å². The maximum Gasteiger partial charge on any atom is 0.129 e. The van der Waals surface area contributed by atoms with Gasteiger partial charge in [0.2, 0.25) is 0 Å². The molecule has 0 aliphatic carbocycles. The van der Waals surface area contributed by atoms with Gasteiger partial charge in [-0.15, -0.1) is 0 Å². The topological polar surface area (TPSA) is 59.1 Å². The van der Waals surface area contributed by atoms with Gasteiger partial charge in [-0.05, 0) is 6.92 Å². The van der Waals surface area contributed by atoms with Crippen LogP contribution >= 0.6 is 0 Å². The van der Waals surface area contributed by atoms with Crippen molar-refractivity contribution in [3.05, 3.63) is 18.1 Å². The van der Waals surface area contributed by atoms with Gasteiger partial charge in [-0.2, -0.15) is 0 Å². The van der Waals surface area contributed by atoms with Gasteiger partial charge in [0, 0.05) is 32.0 Å². The molecule has 1 aliphatic rings. The molecule has 2 atom stereocenters. The second-order valence-corrected chi connectivity index (χ2v) is 3.73. The minimum atomic E-state index is 0.209. The Labute approximate surface area is 89.3 Å². The number of nitrogens with one attached hydrogen (secondary N) is 2. The third-order valence-electron chi connectivity index (χ3n) is 2.60. The van der Waals surface area contributed by atoms with Gasteiger partial charge in [0.1, 0.15) is 12.1 Å². The molecule has 82 valence electrons. The molecule has 2 N–H and O–H groups in total. The van der Waals surface area contributed by atoms with Gasteiger partial charge < -0.3 is 15.4 Å². The predicted molar refractivity (Wildman–Crippen MR) is 57.8 cm³/mol. The third kappa shape index (κ3) is 2.43. The van der Waals surface area contributed by atoms with Crippen LogP contribution in [0.4, 0.5) is 5.82 Å². The zero-order valence-electron chi connectivity index (χ0n) is 9.03. The number of anilines is 1. The zero-order chi connectivity index (χ0) is 10.7. The molecule has 1 aliphatic heterocycles. The van der Waals surface area contributed by atoms with E-state index in [2.05, 4.69) is 20.6 Å². The van der Waals surface area contributed by atoms with Gasteiger partial charge in [-0.25, -0.2) is 9.97 Å². The average Bonchev–Trinajstić information content (AvgIpc) is 2.65. The van der Waals surface area contributed by atoms with Crippen molar-refractivity contribution in [3.8, 4) is 0 Å². The van der Waals surface area contributed by atoms with E-state index in [9.17, 15) is 0 Å². The molecule has 0 bridgehead atoms. The van der Waals surface area contributed by atoms with Crippen LogP contribution in [0.25, 0.3) is 0 Å². The third-order valence-corrected chi connectivity index (χ3v) is 2.60. The number of hydrogen-bond donors (Lipinski definition) is 2. The summed E-state index contributed by atoms with van der Waals surface area (Å²) in [6.45, 7) is 3.74. The SMILES string of the molecule is COC1CNCC1Nc1cc(C)ncn1. The summed E-state index contributed by atoms with van der Waals surface area (Å²) in [5.74, 6) is 0.859. The lowest BCUT2D eigenvalue weighted by Gasteiger charge is -2.18. The molecule has 1 saturated heterocycles. The minimum Gasteiger partial charge on any atom is -0.378 e. The number of aryl methyl sites for hydroxylation is 1. The lowest BCUT2D eigenvalue weighted by molar-refractivity contribution is 0.111. The van der Waals surface area contributed by atoms with Crippen LogP contribution in [0.15, 0.2) is 12.4 Å². The molecule has 2 rings (SSSR count). The lowest BCUT2D eigenvalue weighted by Crippen LogP contribution is -2.33. The smallest absolute Gasteiger partial charge is 0.129 e. The Bertz CT molecular complexity index is 331. The highest BCUT2D eigenvalue weighted by atomic mass is 16.5. The average molecular weight is 208 g/mol. The minimum absolute atomic E-state index is 0.209. The first-order valence-electron chi connectivity index (χ1n) is 5.08. The first-order chi connectivity index (χ1) is 7.29. The number of methoxy groups -OCH3 is 1. The molecule has 0 saturated carbocycles. The van der Waals surface area contributed by atoms with Gasteiger partial charge in [0.05, 0.1) is 12.1 Å². The molecule has 2 heterocycles. The van der Waals surface area contributed by atoms with E-state index in [1.54, 1.807) is 13.4 Å². The summed E-state index contributed by atoms with van der Waals surface area (Å²) in [6.07, 6.45) is 1.78. The van der Waals surface area contributed by atoms with Gasteiger partial charge in [-0.3, -0.25) is 0 Å². The molecule has 0 spiro atoms. The molecule has 5 heteroatoms. The van der Waals surface area contributed by atoms with Gasteiger partial charge in [0.25, 0.3) is 0 Å². The zero-order valence-corrected chi connectivity index (χ0v) is 9.03. The molecule has 0 radical (unpaired) electrons. The molecule has 15 heavy (non-hydrogen) atoms. The molecular weight excluding hydrogens is 192 g/mol. The first-order valence-corrected chi connectivity index (χ1v) is 5.08. The van der Waals surface area contributed by atoms with Gasteiger partial charge in [-0.1, -0.05) is 0 Å². The molecule has 5 nitrogen and oxygen atoms in total. The van der Waals surface area contributed by atoms with Crippen molar-refractivity contribution in [3.63, 3.8) is 0 Å². The largest absolute Gasteiger partial charge is 0.378 e. The number of nitrogens with zero attached hydrogens (tertiary/aromatic N) is 2. The first kappa shape index (κ1) is 10.3. The van der Waals surface area contributed by atoms with Crippen LogP contribution in [0.3, 0.4) is 0 Å². The fourth-order valence-corrected chi connectivity index (χ4v) is 1.77. The quantitative estimate of drug-likeness (QED) is 0.742. The monoisotopic (exact) mass is 208 g/mol. The predicted octanol–water partition coefficient (Wildman–Crippen LogP) is 0.184. The van der Waals surface area contributed by atoms with Crippen LogP contribution in [0, 0.1) is 6.92 Å². The molecule has 1 fully saturated rings. The Morgan fingerprint density at radius 3 is 3.07 bits per heavy atom. The summed E-state index contributed by atoms with van der Waals surface area (Å²) in [6, 6.07) is 2.22. The van der Waals surface area contributed by atoms with E-state index in [-0.39, 0.29) is 12.1 Å². The highest BCUT2D eigenvalue weighted by Gasteiger charge is 2.26. The Hall–Kier alpha value is -1.20. The summed E-state index contributed by atoms with van der Waals surface area (Å²) < 4.78 is 5.36. The Balaban J connectivity index is 2.02. The summed E-state index contributed by atoms with van der Waals surface area (Å²) >= 11 is 0. The van der Waals surface area contributed by atoms with E-state index < -0.39 is 0 Å². The molecular formula is C10H16N4O. The van der Waals surface area contributed by atoms with Crippen molar-refractivity contribution in [1.82, 2.24) is 15.3 Å². The number of aromatic nitrogens is 2. The fourth-order valence-electron chi connectivity index (χ4n) is 1.77. The van der Waals surface area contributed by atoms with Crippen LogP contribution in [0.1, 0.15) is 5.69 Å². The van der Waals surface area contributed by atoms with E-state index in [0.717, 1.165) is 24.6 Å². The van der Waals surface area contributed by atoms with E-state index in [0.29, 0.717) is 0 Å². The molecule has 0 amide bonds. The van der Waals surface area contributed by atoms with Crippen molar-refractivity contribution in [2.45, 2.75) is 19.1 Å². The van der Waals surface area contributed by atoms with Crippen LogP contribution in [0.5, 0.6) is 0 Å². The van der Waals surface area contributed by atoms with E-state index in [4.69, 9.17) is 4.74 Å². The van der Waals surface area contributed by atoms with E-state index >= 15 is 0 Å². The van der Waals surface area contributed by atoms with Crippen molar-refractivity contribution in [2.75, 3.05) is 25.5 Å². The van der Waals surface area contributed by atoms with Crippen LogP contribution in [0.2, 0.25) is 0 Å². The van der Waals surface area contributed by atoms with Crippen molar-refractivity contribution < 1.29 is 4.74 Å². The molecule has 2 unspecified atom stereocenters. The maximum absolute atomic E-state index is 5.36. The number of hydrogen-bond acceptors (Lipinski definition) is 5. The second-order valence-electron chi connectivity index (χ2n) is 3.73. The Morgan fingerprint density at radius 1 is 1.47 bits per heavy atom.